The molecule has 0 saturated carbocycles. The van der Waals surface area contributed by atoms with Gasteiger partial charge in [-0.3, -0.25) is 4.79 Å². The van der Waals surface area contributed by atoms with Crippen LogP contribution in [0.15, 0.2) is 58.3 Å². The van der Waals surface area contributed by atoms with Gasteiger partial charge in [-0.15, -0.1) is 11.8 Å². The highest BCUT2D eigenvalue weighted by atomic mass is 32.2. The smallest absolute Gasteiger partial charge is 0.252 e. The van der Waals surface area contributed by atoms with Crippen molar-refractivity contribution in [2.45, 2.75) is 29.7 Å². The molecule has 24 heavy (non-hydrogen) atoms. The Balaban J connectivity index is 2.14. The molecule has 0 saturated heterocycles. The second-order valence-electron chi connectivity index (χ2n) is 5.47. The third kappa shape index (κ3) is 4.61. The van der Waals surface area contributed by atoms with E-state index in [1.54, 1.807) is 36.0 Å². The summed E-state index contributed by atoms with van der Waals surface area (Å²) in [5.74, 6) is 0.763. The Morgan fingerprint density at radius 3 is 2.33 bits per heavy atom. The third-order valence-corrected chi connectivity index (χ3v) is 5.67. The Bertz CT molecular complexity index is 814. The zero-order valence-electron chi connectivity index (χ0n) is 13.9. The zero-order chi connectivity index (χ0) is 17.7. The SMILES string of the molecule is CCSc1ccccc1C(=O)N[C@H](C)c1ccc(S(C)(=O)=O)cc1. The summed E-state index contributed by atoms with van der Waals surface area (Å²) in [5.41, 5.74) is 1.51. The van der Waals surface area contributed by atoms with E-state index in [2.05, 4.69) is 5.32 Å². The van der Waals surface area contributed by atoms with Gasteiger partial charge < -0.3 is 5.32 Å². The van der Waals surface area contributed by atoms with Crippen molar-refractivity contribution in [3.63, 3.8) is 0 Å². The minimum absolute atomic E-state index is 0.133. The molecule has 0 radical (unpaired) electrons. The Hall–Kier alpha value is -1.79. The summed E-state index contributed by atoms with van der Waals surface area (Å²) in [5, 5.41) is 2.97. The second-order valence-corrected chi connectivity index (χ2v) is 8.79. The van der Waals surface area contributed by atoms with Crippen molar-refractivity contribution in [2.24, 2.45) is 0 Å². The van der Waals surface area contributed by atoms with Gasteiger partial charge in [0.15, 0.2) is 9.84 Å². The minimum Gasteiger partial charge on any atom is -0.345 e. The summed E-state index contributed by atoms with van der Waals surface area (Å²) in [6, 6.07) is 13.9. The van der Waals surface area contributed by atoms with Crippen LogP contribution in [0.4, 0.5) is 0 Å². The van der Waals surface area contributed by atoms with Crippen molar-refractivity contribution in [3.8, 4) is 0 Å². The number of sulfone groups is 1. The van der Waals surface area contributed by atoms with Gasteiger partial charge in [-0.1, -0.05) is 31.2 Å². The van der Waals surface area contributed by atoms with E-state index in [0.29, 0.717) is 5.56 Å². The first kappa shape index (κ1) is 18.5. The van der Waals surface area contributed by atoms with Gasteiger partial charge in [0.25, 0.3) is 5.91 Å². The summed E-state index contributed by atoms with van der Waals surface area (Å²) >= 11 is 1.63. The van der Waals surface area contributed by atoms with E-state index in [1.807, 2.05) is 38.1 Å². The van der Waals surface area contributed by atoms with Crippen molar-refractivity contribution >= 4 is 27.5 Å². The van der Waals surface area contributed by atoms with Gasteiger partial charge in [-0.05, 0) is 42.5 Å². The molecule has 0 aliphatic heterocycles. The topological polar surface area (TPSA) is 63.2 Å². The normalized spacial score (nSPS) is 12.6. The first-order valence-corrected chi connectivity index (χ1v) is 10.5. The molecular weight excluding hydrogens is 342 g/mol. The molecule has 0 heterocycles. The quantitative estimate of drug-likeness (QED) is 0.795. The fraction of sp³-hybridized carbons (Fsp3) is 0.278. The molecule has 0 unspecified atom stereocenters. The van der Waals surface area contributed by atoms with Gasteiger partial charge in [0.2, 0.25) is 0 Å². The largest absolute Gasteiger partial charge is 0.345 e. The van der Waals surface area contributed by atoms with Gasteiger partial charge in [0.1, 0.15) is 0 Å². The molecule has 0 aromatic heterocycles. The van der Waals surface area contributed by atoms with E-state index < -0.39 is 9.84 Å². The lowest BCUT2D eigenvalue weighted by molar-refractivity contribution is 0.0937. The number of amides is 1. The second kappa shape index (κ2) is 7.85. The van der Waals surface area contributed by atoms with Crippen LogP contribution in [-0.4, -0.2) is 26.3 Å². The van der Waals surface area contributed by atoms with E-state index in [-0.39, 0.29) is 16.8 Å². The highest BCUT2D eigenvalue weighted by Gasteiger charge is 2.15. The first-order chi connectivity index (χ1) is 11.3. The molecule has 1 atom stereocenters. The molecule has 128 valence electrons. The molecule has 0 bridgehead atoms. The van der Waals surface area contributed by atoms with Gasteiger partial charge in [0.05, 0.1) is 16.5 Å². The molecule has 0 aliphatic rings. The average molecular weight is 364 g/mol. The van der Waals surface area contributed by atoms with Crippen molar-refractivity contribution in [1.29, 1.82) is 0 Å². The number of benzene rings is 2. The predicted molar refractivity (Wildman–Crippen MR) is 98.3 cm³/mol. The molecule has 6 heteroatoms. The molecule has 4 nitrogen and oxygen atoms in total. The van der Waals surface area contributed by atoms with Crippen LogP contribution < -0.4 is 5.32 Å². The van der Waals surface area contributed by atoms with Crippen LogP contribution in [0.1, 0.15) is 35.8 Å². The zero-order valence-corrected chi connectivity index (χ0v) is 15.6. The van der Waals surface area contributed by atoms with Crippen molar-refractivity contribution in [3.05, 3.63) is 59.7 Å². The van der Waals surface area contributed by atoms with Gasteiger partial charge in [-0.25, -0.2) is 8.42 Å². The molecule has 1 amide bonds. The van der Waals surface area contributed by atoms with E-state index >= 15 is 0 Å². The van der Waals surface area contributed by atoms with Crippen LogP contribution in [-0.2, 0) is 9.84 Å². The number of hydrogen-bond donors (Lipinski definition) is 1. The van der Waals surface area contributed by atoms with E-state index in [1.165, 1.54) is 6.26 Å². The maximum Gasteiger partial charge on any atom is 0.252 e. The molecule has 0 spiro atoms. The Kier molecular flexibility index (Phi) is 6.07. The molecule has 2 aromatic rings. The third-order valence-electron chi connectivity index (χ3n) is 3.59. The molecule has 2 rings (SSSR count). The van der Waals surface area contributed by atoms with Gasteiger partial charge in [-0.2, -0.15) is 0 Å². The summed E-state index contributed by atoms with van der Waals surface area (Å²) < 4.78 is 23.0. The van der Waals surface area contributed by atoms with Crippen molar-refractivity contribution < 1.29 is 13.2 Å². The fourth-order valence-corrected chi connectivity index (χ4v) is 3.73. The van der Waals surface area contributed by atoms with Crippen LogP contribution in [0.2, 0.25) is 0 Å². The molecule has 2 aromatic carbocycles. The number of nitrogens with one attached hydrogen (secondary N) is 1. The molecular formula is C18H21NO3S2. The summed E-state index contributed by atoms with van der Waals surface area (Å²) in [6.07, 6.45) is 1.18. The van der Waals surface area contributed by atoms with Gasteiger partial charge in [0, 0.05) is 11.2 Å². The number of thioether (sulfide) groups is 1. The lowest BCUT2D eigenvalue weighted by Gasteiger charge is -2.16. The highest BCUT2D eigenvalue weighted by Crippen LogP contribution is 2.23. The summed E-state index contributed by atoms with van der Waals surface area (Å²) in [4.78, 5) is 13.8. The predicted octanol–water partition coefficient (Wildman–Crippen LogP) is 3.69. The minimum atomic E-state index is -3.21. The summed E-state index contributed by atoms with van der Waals surface area (Å²) in [7, 11) is -3.21. The van der Waals surface area contributed by atoms with Crippen molar-refractivity contribution in [1.82, 2.24) is 5.32 Å². The Labute approximate surface area is 147 Å². The molecule has 0 aliphatic carbocycles. The lowest BCUT2D eigenvalue weighted by atomic mass is 10.1. The number of hydrogen-bond acceptors (Lipinski definition) is 4. The molecule has 0 fully saturated rings. The van der Waals surface area contributed by atoms with Crippen LogP contribution in [0.3, 0.4) is 0 Å². The highest BCUT2D eigenvalue weighted by molar-refractivity contribution is 7.99. The fourth-order valence-electron chi connectivity index (χ4n) is 2.30. The standard InChI is InChI=1S/C18H21NO3S2/c1-4-23-17-8-6-5-7-16(17)18(20)19-13(2)14-9-11-15(12-10-14)24(3,21)22/h5-13H,4H2,1-3H3,(H,19,20)/t13-/m1/s1. The number of rotatable bonds is 6. The number of carbonyl (C=O) groups is 1. The Morgan fingerprint density at radius 1 is 1.12 bits per heavy atom. The van der Waals surface area contributed by atoms with E-state index in [9.17, 15) is 13.2 Å². The average Bonchev–Trinajstić information content (AvgIpc) is 2.55. The van der Waals surface area contributed by atoms with E-state index in [0.717, 1.165) is 16.2 Å². The number of carbonyl (C=O) groups excluding carboxylic acids is 1. The maximum absolute atomic E-state index is 12.5. The first-order valence-electron chi connectivity index (χ1n) is 7.65. The van der Waals surface area contributed by atoms with Crippen LogP contribution in [0, 0.1) is 0 Å². The van der Waals surface area contributed by atoms with Crippen LogP contribution >= 0.6 is 11.8 Å². The van der Waals surface area contributed by atoms with Crippen LogP contribution in [0.25, 0.3) is 0 Å². The Morgan fingerprint density at radius 2 is 1.75 bits per heavy atom. The van der Waals surface area contributed by atoms with E-state index in [4.69, 9.17) is 0 Å². The van der Waals surface area contributed by atoms with Gasteiger partial charge >= 0.3 is 0 Å². The maximum atomic E-state index is 12.5. The molecule has 1 N–H and O–H groups in total. The monoisotopic (exact) mass is 363 g/mol. The summed E-state index contributed by atoms with van der Waals surface area (Å²) in [6.45, 7) is 3.92. The van der Waals surface area contributed by atoms with Crippen molar-refractivity contribution in [2.75, 3.05) is 12.0 Å². The lowest BCUT2D eigenvalue weighted by Crippen LogP contribution is -2.27. The van der Waals surface area contributed by atoms with Crippen LogP contribution in [0.5, 0.6) is 0 Å².